The van der Waals surface area contributed by atoms with Gasteiger partial charge in [0, 0.05) is 6.54 Å². The van der Waals surface area contributed by atoms with E-state index in [9.17, 15) is 14.4 Å². The number of hydrogen-bond acceptors (Lipinski definition) is 5. The molecule has 0 unspecified atom stereocenters. The Kier molecular flexibility index (Phi) is 5.59. The maximum atomic E-state index is 12.2. The summed E-state index contributed by atoms with van der Waals surface area (Å²) in [5, 5.41) is 2.43. The predicted octanol–water partition coefficient (Wildman–Crippen LogP) is 0.285. The zero-order chi connectivity index (χ0) is 14.4. The van der Waals surface area contributed by atoms with Gasteiger partial charge in [-0.2, -0.15) is 0 Å². The molecule has 1 fully saturated rings. The number of esters is 1. The molecule has 7 nitrogen and oxygen atoms in total. The van der Waals surface area contributed by atoms with E-state index >= 15 is 0 Å². The Morgan fingerprint density at radius 3 is 2.68 bits per heavy atom. The lowest BCUT2D eigenvalue weighted by atomic mass is 10.2. The van der Waals surface area contributed by atoms with Gasteiger partial charge in [-0.25, -0.2) is 9.59 Å². The van der Waals surface area contributed by atoms with Crippen LogP contribution in [0.3, 0.4) is 0 Å². The first-order valence-electron chi connectivity index (χ1n) is 6.32. The Bertz CT molecular complexity index is 358. The highest BCUT2D eigenvalue weighted by Crippen LogP contribution is 2.19. The van der Waals surface area contributed by atoms with Gasteiger partial charge in [0.05, 0.1) is 13.7 Å². The van der Waals surface area contributed by atoms with Crippen molar-refractivity contribution in [1.29, 1.82) is 0 Å². The van der Waals surface area contributed by atoms with Crippen LogP contribution < -0.4 is 5.32 Å². The number of alkyl carbamates (subject to hydrolysis) is 1. The standard InChI is InChI=1S/C12H20N2O5/c1-4-19-12(17)13-8(2)10(15)14-7-5-6-9(14)11(16)18-3/h8-9H,4-7H2,1-3H3,(H,13,17)/t8-,9-/m0/s1. The number of likely N-dealkylation sites (tertiary alicyclic amines) is 1. The molecule has 7 heteroatoms. The van der Waals surface area contributed by atoms with Crippen molar-refractivity contribution in [1.82, 2.24) is 10.2 Å². The Balaban J connectivity index is 2.60. The minimum Gasteiger partial charge on any atom is -0.467 e. The van der Waals surface area contributed by atoms with Crippen LogP contribution in [0.25, 0.3) is 0 Å². The molecule has 0 spiro atoms. The van der Waals surface area contributed by atoms with Crippen molar-refractivity contribution in [3.63, 3.8) is 0 Å². The molecule has 0 radical (unpaired) electrons. The number of carbonyl (C=O) groups is 3. The molecule has 1 heterocycles. The molecule has 0 aromatic carbocycles. The van der Waals surface area contributed by atoms with Crippen molar-refractivity contribution in [3.05, 3.63) is 0 Å². The van der Waals surface area contributed by atoms with E-state index in [2.05, 4.69) is 10.1 Å². The second-order valence-electron chi connectivity index (χ2n) is 4.30. The van der Waals surface area contributed by atoms with Crippen LogP contribution >= 0.6 is 0 Å². The Morgan fingerprint density at radius 2 is 2.11 bits per heavy atom. The van der Waals surface area contributed by atoms with Gasteiger partial charge in [-0.3, -0.25) is 4.79 Å². The van der Waals surface area contributed by atoms with Gasteiger partial charge >= 0.3 is 12.1 Å². The van der Waals surface area contributed by atoms with Gasteiger partial charge in [0.15, 0.2) is 0 Å². The molecule has 19 heavy (non-hydrogen) atoms. The quantitative estimate of drug-likeness (QED) is 0.743. The number of amides is 2. The number of methoxy groups -OCH3 is 1. The van der Waals surface area contributed by atoms with Crippen LogP contribution in [0.5, 0.6) is 0 Å². The molecule has 0 aliphatic carbocycles. The van der Waals surface area contributed by atoms with E-state index in [1.54, 1.807) is 13.8 Å². The first-order valence-corrected chi connectivity index (χ1v) is 6.32. The van der Waals surface area contributed by atoms with Crippen LogP contribution in [0.2, 0.25) is 0 Å². The summed E-state index contributed by atoms with van der Waals surface area (Å²) in [7, 11) is 1.30. The summed E-state index contributed by atoms with van der Waals surface area (Å²) in [5.74, 6) is -0.727. The second-order valence-corrected chi connectivity index (χ2v) is 4.30. The van der Waals surface area contributed by atoms with Crippen LogP contribution in [0.15, 0.2) is 0 Å². The van der Waals surface area contributed by atoms with E-state index in [0.29, 0.717) is 13.0 Å². The maximum absolute atomic E-state index is 12.2. The Labute approximate surface area is 112 Å². The van der Waals surface area contributed by atoms with Gasteiger partial charge < -0.3 is 19.7 Å². The fraction of sp³-hybridized carbons (Fsp3) is 0.750. The summed E-state index contributed by atoms with van der Waals surface area (Å²) >= 11 is 0. The van der Waals surface area contributed by atoms with Crippen LogP contribution in [0.1, 0.15) is 26.7 Å². The molecule has 0 aromatic heterocycles. The normalized spacial score (nSPS) is 19.7. The molecule has 1 saturated heterocycles. The van der Waals surface area contributed by atoms with Crippen LogP contribution in [0.4, 0.5) is 4.79 Å². The first kappa shape index (κ1) is 15.3. The lowest BCUT2D eigenvalue weighted by molar-refractivity contribution is -0.151. The minimum atomic E-state index is -0.732. The summed E-state index contributed by atoms with van der Waals surface area (Å²) in [6, 6.07) is -1.28. The molecular weight excluding hydrogens is 252 g/mol. The largest absolute Gasteiger partial charge is 0.467 e. The number of hydrogen-bond donors (Lipinski definition) is 1. The number of nitrogens with one attached hydrogen (secondary N) is 1. The molecule has 0 aromatic rings. The number of nitrogens with zero attached hydrogens (tertiary/aromatic N) is 1. The van der Waals surface area contributed by atoms with Crippen molar-refractivity contribution in [3.8, 4) is 0 Å². The molecule has 108 valence electrons. The van der Waals surface area contributed by atoms with E-state index in [1.165, 1.54) is 12.0 Å². The highest BCUT2D eigenvalue weighted by atomic mass is 16.5. The van der Waals surface area contributed by atoms with E-state index in [1.807, 2.05) is 0 Å². The number of ether oxygens (including phenoxy) is 2. The molecule has 1 N–H and O–H groups in total. The van der Waals surface area contributed by atoms with Gasteiger partial charge in [0.1, 0.15) is 12.1 Å². The van der Waals surface area contributed by atoms with Gasteiger partial charge in [0.2, 0.25) is 5.91 Å². The molecule has 1 aliphatic heterocycles. The zero-order valence-corrected chi connectivity index (χ0v) is 11.5. The van der Waals surface area contributed by atoms with Gasteiger partial charge in [-0.05, 0) is 26.7 Å². The zero-order valence-electron chi connectivity index (χ0n) is 11.5. The summed E-state index contributed by atoms with van der Waals surface area (Å²) < 4.78 is 9.38. The topological polar surface area (TPSA) is 84.9 Å². The van der Waals surface area contributed by atoms with E-state index in [0.717, 1.165) is 6.42 Å². The van der Waals surface area contributed by atoms with E-state index < -0.39 is 24.1 Å². The summed E-state index contributed by atoms with van der Waals surface area (Å²) in [5.41, 5.74) is 0. The fourth-order valence-electron chi connectivity index (χ4n) is 2.07. The molecule has 1 aliphatic rings. The Hall–Kier alpha value is -1.79. The number of rotatable bonds is 4. The van der Waals surface area contributed by atoms with Crippen molar-refractivity contribution in [2.75, 3.05) is 20.3 Å². The molecule has 1 rings (SSSR count). The molecular formula is C12H20N2O5. The third-order valence-electron chi connectivity index (χ3n) is 2.99. The van der Waals surface area contributed by atoms with Crippen molar-refractivity contribution >= 4 is 18.0 Å². The van der Waals surface area contributed by atoms with Gasteiger partial charge in [-0.1, -0.05) is 0 Å². The first-order chi connectivity index (χ1) is 9.01. The maximum Gasteiger partial charge on any atom is 0.407 e. The molecule has 2 amide bonds. The van der Waals surface area contributed by atoms with Crippen LogP contribution in [-0.4, -0.2) is 55.2 Å². The van der Waals surface area contributed by atoms with Gasteiger partial charge in [0.25, 0.3) is 0 Å². The summed E-state index contributed by atoms with van der Waals surface area (Å²) in [4.78, 5) is 36.4. The minimum absolute atomic E-state index is 0.237. The highest BCUT2D eigenvalue weighted by Gasteiger charge is 2.36. The van der Waals surface area contributed by atoms with Crippen molar-refractivity contribution < 1.29 is 23.9 Å². The predicted molar refractivity (Wildman–Crippen MR) is 66.4 cm³/mol. The number of carbonyl (C=O) groups excluding carboxylic acids is 3. The second kappa shape index (κ2) is 6.96. The monoisotopic (exact) mass is 272 g/mol. The van der Waals surface area contributed by atoms with Gasteiger partial charge in [-0.15, -0.1) is 0 Å². The van der Waals surface area contributed by atoms with Crippen LogP contribution in [-0.2, 0) is 19.1 Å². The summed E-state index contributed by atoms with van der Waals surface area (Å²) in [6.07, 6.45) is 0.694. The van der Waals surface area contributed by atoms with Crippen LogP contribution in [0, 0.1) is 0 Å². The lowest BCUT2D eigenvalue weighted by Gasteiger charge is -2.25. The molecule has 2 atom stereocenters. The smallest absolute Gasteiger partial charge is 0.407 e. The third kappa shape index (κ3) is 3.84. The van der Waals surface area contributed by atoms with Crippen molar-refractivity contribution in [2.24, 2.45) is 0 Å². The lowest BCUT2D eigenvalue weighted by Crippen LogP contribution is -2.50. The van der Waals surface area contributed by atoms with E-state index in [-0.39, 0.29) is 12.5 Å². The fourth-order valence-corrected chi connectivity index (χ4v) is 2.07. The average molecular weight is 272 g/mol. The Morgan fingerprint density at radius 1 is 1.42 bits per heavy atom. The SMILES string of the molecule is CCOC(=O)N[C@@H](C)C(=O)N1CCC[C@H]1C(=O)OC. The molecule has 0 bridgehead atoms. The third-order valence-corrected chi connectivity index (χ3v) is 2.99. The average Bonchev–Trinajstić information content (AvgIpc) is 2.86. The summed E-state index contributed by atoms with van der Waals surface area (Å²) in [6.45, 7) is 3.97. The van der Waals surface area contributed by atoms with Crippen molar-refractivity contribution in [2.45, 2.75) is 38.8 Å². The highest BCUT2D eigenvalue weighted by molar-refractivity contribution is 5.89. The molecule has 0 saturated carbocycles. The van der Waals surface area contributed by atoms with E-state index in [4.69, 9.17) is 4.74 Å².